The van der Waals surface area contributed by atoms with Crippen LogP contribution in [0.1, 0.15) is 46.6 Å². The number of rotatable bonds is 6. The highest BCUT2D eigenvalue weighted by Gasteiger charge is 2.70. The van der Waals surface area contributed by atoms with E-state index in [9.17, 15) is 29.6 Å². The summed E-state index contributed by atoms with van der Waals surface area (Å²) < 4.78 is 0. The number of phenolic OH excluding ortho intramolecular Hbond substituents is 1. The smallest absolute Gasteiger partial charge is 0.271 e. The number of nitro groups is 1. The van der Waals surface area contributed by atoms with Gasteiger partial charge in [-0.3, -0.25) is 34.7 Å². The van der Waals surface area contributed by atoms with Crippen LogP contribution in [0.4, 0.5) is 17.1 Å². The lowest BCUT2D eigenvalue weighted by molar-refractivity contribution is -0.384. The molecule has 4 aliphatic rings. The number of amides is 4. The summed E-state index contributed by atoms with van der Waals surface area (Å²) in [6.45, 7) is 5.51. The Morgan fingerprint density at radius 3 is 2.19 bits per heavy atom. The van der Waals surface area contributed by atoms with Crippen molar-refractivity contribution in [1.29, 1.82) is 0 Å². The third-order valence-electron chi connectivity index (χ3n) is 11.5. The molecule has 11 heteroatoms. The van der Waals surface area contributed by atoms with E-state index in [1.165, 1.54) is 24.3 Å². The Bertz CT molecular complexity index is 2210. The van der Waals surface area contributed by atoms with Gasteiger partial charge in [0.1, 0.15) is 5.75 Å². The molecule has 0 spiro atoms. The van der Waals surface area contributed by atoms with Gasteiger partial charge in [-0.25, -0.2) is 4.90 Å². The van der Waals surface area contributed by atoms with Crippen LogP contribution in [0.15, 0.2) is 103 Å². The van der Waals surface area contributed by atoms with Gasteiger partial charge in [-0.15, -0.1) is 0 Å². The largest absolute Gasteiger partial charge is 0.507 e. The SMILES string of the molecule is Cc1ccc(NN2C(=O)C3CC4C(=CCC5C(=O)N(c6cccc([N+](=O)[O-])c6)C(=O)C54)C(c4cc(C)c(O)c(C)c4)C3(c3ccccc3)C2=O)cc1. The number of carbonyl (C=O) groups is 4. The Balaban J connectivity index is 1.32. The van der Waals surface area contributed by atoms with Gasteiger partial charge >= 0.3 is 0 Å². The molecule has 11 nitrogen and oxygen atoms in total. The van der Waals surface area contributed by atoms with Crippen LogP contribution in [-0.4, -0.2) is 38.7 Å². The number of fused-ring (bicyclic) bond motifs is 4. The van der Waals surface area contributed by atoms with Crippen molar-refractivity contribution in [3.63, 3.8) is 0 Å². The topological polar surface area (TPSA) is 150 Å². The molecule has 6 atom stereocenters. The number of anilines is 2. The third kappa shape index (κ3) is 4.72. The summed E-state index contributed by atoms with van der Waals surface area (Å²) >= 11 is 0. The second kappa shape index (κ2) is 12.0. The van der Waals surface area contributed by atoms with Crippen LogP contribution < -0.4 is 10.3 Å². The Labute approximate surface area is 299 Å². The normalized spacial score (nSPS) is 26.5. The first-order valence-corrected chi connectivity index (χ1v) is 17.3. The molecule has 2 aliphatic heterocycles. The fourth-order valence-electron chi connectivity index (χ4n) is 9.28. The van der Waals surface area contributed by atoms with Gasteiger partial charge in [0.25, 0.3) is 17.5 Å². The molecule has 0 radical (unpaired) electrons. The zero-order chi connectivity index (χ0) is 36.6. The number of benzene rings is 4. The van der Waals surface area contributed by atoms with Gasteiger partial charge in [0.2, 0.25) is 11.8 Å². The number of non-ortho nitro benzene ring substituents is 1. The molecule has 0 aromatic heterocycles. The van der Waals surface area contributed by atoms with E-state index in [1.54, 1.807) is 26.0 Å². The van der Waals surface area contributed by atoms with Crippen LogP contribution >= 0.6 is 0 Å². The molecular weight excluding hydrogens is 660 g/mol. The van der Waals surface area contributed by atoms with Crippen LogP contribution in [0, 0.1) is 54.6 Å². The van der Waals surface area contributed by atoms with Crippen LogP contribution in [-0.2, 0) is 24.6 Å². The number of imide groups is 2. The van der Waals surface area contributed by atoms with Gasteiger partial charge in [0, 0.05) is 18.1 Å². The van der Waals surface area contributed by atoms with E-state index in [4.69, 9.17) is 0 Å². The summed E-state index contributed by atoms with van der Waals surface area (Å²) in [6, 6.07) is 25.8. The van der Waals surface area contributed by atoms with Crippen LogP contribution in [0.5, 0.6) is 5.75 Å². The molecule has 0 bridgehead atoms. The molecular formula is C41H36N4O7. The van der Waals surface area contributed by atoms with Crippen LogP contribution in [0.3, 0.4) is 0 Å². The minimum atomic E-state index is -1.44. The lowest BCUT2D eigenvalue weighted by Crippen LogP contribution is -2.53. The third-order valence-corrected chi connectivity index (χ3v) is 11.5. The zero-order valence-electron chi connectivity index (χ0n) is 28.8. The molecule has 8 rings (SSSR count). The number of nitro benzene ring substituents is 1. The lowest BCUT2D eigenvalue weighted by atomic mass is 9.49. The number of hydrogen-bond donors (Lipinski definition) is 2. The van der Waals surface area contributed by atoms with E-state index in [0.717, 1.165) is 21.0 Å². The maximum atomic E-state index is 15.3. The van der Waals surface area contributed by atoms with Crippen molar-refractivity contribution in [3.05, 3.63) is 141 Å². The number of hydrazine groups is 1. The average molecular weight is 697 g/mol. The van der Waals surface area contributed by atoms with Crippen molar-refractivity contribution in [2.75, 3.05) is 10.3 Å². The summed E-state index contributed by atoms with van der Waals surface area (Å²) in [6.07, 6.45) is 2.29. The van der Waals surface area contributed by atoms with Crippen LogP contribution in [0.2, 0.25) is 0 Å². The predicted molar refractivity (Wildman–Crippen MR) is 192 cm³/mol. The number of phenols is 1. The maximum absolute atomic E-state index is 15.3. The van der Waals surface area contributed by atoms with Gasteiger partial charge in [-0.05, 0) is 80.0 Å². The highest BCUT2D eigenvalue weighted by atomic mass is 16.6. The molecule has 1 saturated carbocycles. The number of aromatic hydroxyl groups is 1. The molecule has 3 fully saturated rings. The van der Waals surface area contributed by atoms with Gasteiger partial charge in [-0.1, -0.05) is 77.9 Å². The fraction of sp³-hybridized carbons (Fsp3) is 0.268. The van der Waals surface area contributed by atoms with Gasteiger partial charge < -0.3 is 5.11 Å². The number of allylic oxidation sites excluding steroid dienone is 2. The number of nitrogens with one attached hydrogen (secondary N) is 1. The quantitative estimate of drug-likeness (QED) is 0.102. The highest BCUT2D eigenvalue weighted by molar-refractivity contribution is 6.22. The van der Waals surface area contributed by atoms with E-state index in [2.05, 4.69) is 5.43 Å². The predicted octanol–water partition coefficient (Wildman–Crippen LogP) is 6.42. The van der Waals surface area contributed by atoms with Crippen molar-refractivity contribution < 1.29 is 29.2 Å². The number of nitrogens with zero attached hydrogens (tertiary/aromatic N) is 3. The summed E-state index contributed by atoms with van der Waals surface area (Å²) in [7, 11) is 0. The molecule has 2 heterocycles. The molecule has 6 unspecified atom stereocenters. The molecule has 52 heavy (non-hydrogen) atoms. The second-order valence-corrected chi connectivity index (χ2v) is 14.4. The monoisotopic (exact) mass is 696 g/mol. The van der Waals surface area contributed by atoms with E-state index in [-0.39, 0.29) is 30.0 Å². The fourth-order valence-corrected chi connectivity index (χ4v) is 9.28. The van der Waals surface area contributed by atoms with E-state index < -0.39 is 63.6 Å². The molecule has 4 amide bonds. The Morgan fingerprint density at radius 2 is 1.52 bits per heavy atom. The minimum absolute atomic E-state index is 0.118. The molecule has 2 N–H and O–H groups in total. The van der Waals surface area contributed by atoms with Gasteiger partial charge in [-0.2, -0.15) is 5.01 Å². The summed E-state index contributed by atoms with van der Waals surface area (Å²) in [4.78, 5) is 70.7. The van der Waals surface area contributed by atoms with Crippen molar-refractivity contribution >= 4 is 40.7 Å². The molecule has 4 aromatic carbocycles. The molecule has 4 aromatic rings. The molecule has 2 aliphatic carbocycles. The zero-order valence-corrected chi connectivity index (χ0v) is 28.8. The minimum Gasteiger partial charge on any atom is -0.507 e. The van der Waals surface area contributed by atoms with Crippen molar-refractivity contribution in [3.8, 4) is 5.75 Å². The Hall–Kier alpha value is -6.10. The maximum Gasteiger partial charge on any atom is 0.271 e. The van der Waals surface area contributed by atoms with Crippen LogP contribution in [0.25, 0.3) is 0 Å². The number of carbonyl (C=O) groups excluding carboxylic acids is 4. The van der Waals surface area contributed by atoms with Gasteiger partial charge in [0.05, 0.1) is 39.5 Å². The standard InChI is InChI=1S/C41H36N4O7/c1-22-12-14-27(15-13-22)42-44-38(48)33-21-32-30(16-17-31-34(32)39(49)43(37(31)47)28-10-7-11-29(20-28)45(51)52)35(25-18-23(2)36(46)24(3)19-25)41(33,40(44)50)26-8-5-4-6-9-26/h4-16,18-20,31-35,42,46H,17,21H2,1-3H3. The first-order valence-electron chi connectivity index (χ1n) is 17.3. The first kappa shape index (κ1) is 33.1. The van der Waals surface area contributed by atoms with Gasteiger partial charge in [0.15, 0.2) is 0 Å². The van der Waals surface area contributed by atoms with Crippen molar-refractivity contribution in [1.82, 2.24) is 5.01 Å². The lowest BCUT2D eigenvalue weighted by Gasteiger charge is -2.50. The number of hydrogen-bond acceptors (Lipinski definition) is 8. The Morgan fingerprint density at radius 1 is 0.827 bits per heavy atom. The number of aryl methyl sites for hydroxylation is 3. The summed E-state index contributed by atoms with van der Waals surface area (Å²) in [5.74, 6) is -5.57. The van der Waals surface area contributed by atoms with Crippen molar-refractivity contribution in [2.45, 2.75) is 44.9 Å². The molecule has 2 saturated heterocycles. The van der Waals surface area contributed by atoms with Crippen molar-refractivity contribution in [2.24, 2.45) is 23.7 Å². The summed E-state index contributed by atoms with van der Waals surface area (Å²) in [5.41, 5.74) is 6.45. The molecule has 262 valence electrons. The second-order valence-electron chi connectivity index (χ2n) is 14.4. The Kier molecular flexibility index (Phi) is 7.63. The van der Waals surface area contributed by atoms with E-state index in [1.807, 2.05) is 67.6 Å². The first-order chi connectivity index (χ1) is 24.9. The summed E-state index contributed by atoms with van der Waals surface area (Å²) in [5, 5.41) is 23.6. The van der Waals surface area contributed by atoms with E-state index >= 15 is 4.79 Å². The average Bonchev–Trinajstić information content (AvgIpc) is 3.52. The highest BCUT2D eigenvalue weighted by Crippen LogP contribution is 2.64. The van der Waals surface area contributed by atoms with E-state index in [0.29, 0.717) is 27.9 Å².